The van der Waals surface area contributed by atoms with E-state index in [0.29, 0.717) is 6.54 Å². The molecular weight excluding hydrogens is 154 g/mol. The van der Waals surface area contributed by atoms with E-state index in [9.17, 15) is 0 Å². The van der Waals surface area contributed by atoms with Crippen molar-refractivity contribution in [2.45, 2.75) is 0 Å². The van der Waals surface area contributed by atoms with Gasteiger partial charge in [0.2, 0.25) is 0 Å². The van der Waals surface area contributed by atoms with E-state index in [4.69, 9.17) is 5.11 Å². The lowest BCUT2D eigenvalue weighted by molar-refractivity contribution is 0.311. The number of nitrogens with zero attached hydrogens (tertiary/aromatic N) is 1. The van der Waals surface area contributed by atoms with E-state index >= 15 is 0 Å². The molecular formula is C8H13N3O. The van der Waals surface area contributed by atoms with Crippen molar-refractivity contribution in [1.29, 1.82) is 0 Å². The molecule has 0 spiro atoms. The maximum absolute atomic E-state index is 8.56. The molecule has 1 rings (SSSR count). The zero-order valence-corrected chi connectivity index (χ0v) is 7.04. The summed E-state index contributed by atoms with van der Waals surface area (Å²) in [5, 5.41) is 14.5. The second kappa shape index (κ2) is 4.56. The van der Waals surface area contributed by atoms with Gasteiger partial charge in [0.1, 0.15) is 5.82 Å². The number of aromatic nitrogens is 1. The molecule has 4 nitrogen and oxygen atoms in total. The first-order valence-corrected chi connectivity index (χ1v) is 3.85. The average molecular weight is 167 g/mol. The third-order valence-electron chi connectivity index (χ3n) is 1.46. The van der Waals surface area contributed by atoms with Gasteiger partial charge in [-0.1, -0.05) is 0 Å². The molecule has 3 N–H and O–H groups in total. The van der Waals surface area contributed by atoms with Gasteiger partial charge in [-0.15, -0.1) is 0 Å². The predicted octanol–water partition coefficient (Wildman–Crippen LogP) is 0.527. The van der Waals surface area contributed by atoms with Crippen LogP contribution in [-0.4, -0.2) is 30.3 Å². The van der Waals surface area contributed by atoms with Crippen molar-refractivity contribution in [2.75, 3.05) is 30.8 Å². The lowest BCUT2D eigenvalue weighted by Crippen LogP contribution is -2.05. The highest BCUT2D eigenvalue weighted by Gasteiger charge is 1.92. The first kappa shape index (κ1) is 8.80. The normalized spacial score (nSPS) is 9.50. The van der Waals surface area contributed by atoms with Gasteiger partial charge in [-0.3, -0.25) is 0 Å². The number of rotatable bonds is 4. The number of hydrogen-bond acceptors (Lipinski definition) is 4. The van der Waals surface area contributed by atoms with E-state index in [0.717, 1.165) is 11.5 Å². The molecule has 0 radical (unpaired) electrons. The Bertz CT molecular complexity index is 239. The Hall–Kier alpha value is -1.29. The Labute approximate surface area is 71.6 Å². The highest BCUT2D eigenvalue weighted by Crippen LogP contribution is 2.10. The molecule has 0 aliphatic carbocycles. The minimum atomic E-state index is 0.136. The van der Waals surface area contributed by atoms with Gasteiger partial charge in [0, 0.05) is 31.5 Å². The monoisotopic (exact) mass is 167 g/mol. The van der Waals surface area contributed by atoms with E-state index in [1.165, 1.54) is 0 Å². The lowest BCUT2D eigenvalue weighted by Gasteiger charge is -2.05. The maximum Gasteiger partial charge on any atom is 0.127 e. The Morgan fingerprint density at radius 2 is 2.42 bits per heavy atom. The Morgan fingerprint density at radius 1 is 1.58 bits per heavy atom. The van der Waals surface area contributed by atoms with Crippen LogP contribution < -0.4 is 10.6 Å². The standard InChI is InChI=1S/C8H13N3O/c1-9-8-6-7(2-3-11-8)10-4-5-12/h2-3,6,12H,4-5H2,1H3,(H2,9,10,11). The predicted molar refractivity (Wildman–Crippen MR) is 49.4 cm³/mol. The summed E-state index contributed by atoms with van der Waals surface area (Å²) in [4.78, 5) is 4.05. The molecule has 0 aliphatic heterocycles. The van der Waals surface area contributed by atoms with E-state index in [-0.39, 0.29) is 6.61 Å². The minimum absolute atomic E-state index is 0.136. The molecule has 0 aliphatic rings. The van der Waals surface area contributed by atoms with Gasteiger partial charge in [-0.25, -0.2) is 4.98 Å². The number of aliphatic hydroxyl groups excluding tert-OH is 1. The number of anilines is 2. The van der Waals surface area contributed by atoms with Crippen LogP contribution in [0.4, 0.5) is 11.5 Å². The van der Waals surface area contributed by atoms with Gasteiger partial charge in [0.05, 0.1) is 6.61 Å². The quantitative estimate of drug-likeness (QED) is 0.612. The van der Waals surface area contributed by atoms with Crippen molar-refractivity contribution in [3.05, 3.63) is 18.3 Å². The molecule has 1 aromatic heterocycles. The molecule has 66 valence electrons. The summed E-state index contributed by atoms with van der Waals surface area (Å²) < 4.78 is 0. The highest BCUT2D eigenvalue weighted by molar-refractivity contribution is 5.51. The van der Waals surface area contributed by atoms with Crippen LogP contribution in [0.5, 0.6) is 0 Å². The van der Waals surface area contributed by atoms with Crippen LogP contribution >= 0.6 is 0 Å². The van der Waals surface area contributed by atoms with Gasteiger partial charge in [0.15, 0.2) is 0 Å². The van der Waals surface area contributed by atoms with Crippen LogP contribution in [0, 0.1) is 0 Å². The molecule has 4 heteroatoms. The van der Waals surface area contributed by atoms with Crippen molar-refractivity contribution < 1.29 is 5.11 Å². The highest BCUT2D eigenvalue weighted by atomic mass is 16.3. The van der Waals surface area contributed by atoms with Crippen molar-refractivity contribution in [2.24, 2.45) is 0 Å². The largest absolute Gasteiger partial charge is 0.395 e. The molecule has 1 heterocycles. The summed E-state index contributed by atoms with van der Waals surface area (Å²) in [6.45, 7) is 0.699. The molecule has 0 aromatic carbocycles. The fraction of sp³-hybridized carbons (Fsp3) is 0.375. The van der Waals surface area contributed by atoms with Gasteiger partial charge in [-0.2, -0.15) is 0 Å². The van der Waals surface area contributed by atoms with Crippen molar-refractivity contribution in [1.82, 2.24) is 4.98 Å². The molecule has 0 bridgehead atoms. The molecule has 12 heavy (non-hydrogen) atoms. The number of nitrogens with one attached hydrogen (secondary N) is 2. The van der Waals surface area contributed by atoms with Gasteiger partial charge in [-0.05, 0) is 6.07 Å². The second-order valence-corrected chi connectivity index (χ2v) is 2.33. The fourth-order valence-corrected chi connectivity index (χ4v) is 0.877. The number of aliphatic hydroxyl groups is 1. The third kappa shape index (κ3) is 2.39. The van der Waals surface area contributed by atoms with E-state index < -0.39 is 0 Å². The third-order valence-corrected chi connectivity index (χ3v) is 1.46. The van der Waals surface area contributed by atoms with Gasteiger partial charge < -0.3 is 15.7 Å². The smallest absolute Gasteiger partial charge is 0.127 e. The second-order valence-electron chi connectivity index (χ2n) is 2.33. The molecule has 0 unspecified atom stereocenters. The molecule has 0 saturated heterocycles. The molecule has 0 atom stereocenters. The van der Waals surface area contributed by atoms with Gasteiger partial charge in [0.25, 0.3) is 0 Å². The van der Waals surface area contributed by atoms with E-state index in [1.807, 2.05) is 19.2 Å². The Balaban J connectivity index is 2.60. The Morgan fingerprint density at radius 3 is 3.08 bits per heavy atom. The lowest BCUT2D eigenvalue weighted by atomic mass is 10.4. The van der Waals surface area contributed by atoms with Crippen molar-refractivity contribution in [3.8, 4) is 0 Å². The average Bonchev–Trinajstić information content (AvgIpc) is 2.15. The summed E-state index contributed by atoms with van der Waals surface area (Å²) in [5.41, 5.74) is 0.961. The van der Waals surface area contributed by atoms with Crippen molar-refractivity contribution in [3.63, 3.8) is 0 Å². The topological polar surface area (TPSA) is 57.2 Å². The molecule has 0 saturated carbocycles. The molecule has 1 aromatic rings. The molecule has 0 amide bonds. The summed E-state index contributed by atoms with van der Waals surface area (Å²) >= 11 is 0. The Kier molecular flexibility index (Phi) is 3.35. The zero-order chi connectivity index (χ0) is 8.81. The summed E-state index contributed by atoms with van der Waals surface area (Å²) in [7, 11) is 1.82. The van der Waals surface area contributed by atoms with Crippen LogP contribution in [0.25, 0.3) is 0 Å². The fourth-order valence-electron chi connectivity index (χ4n) is 0.877. The first-order chi connectivity index (χ1) is 5.86. The minimum Gasteiger partial charge on any atom is -0.395 e. The summed E-state index contributed by atoms with van der Waals surface area (Å²) in [6.07, 6.45) is 1.71. The van der Waals surface area contributed by atoms with Crippen LogP contribution in [0.2, 0.25) is 0 Å². The van der Waals surface area contributed by atoms with E-state index in [1.54, 1.807) is 6.20 Å². The first-order valence-electron chi connectivity index (χ1n) is 3.85. The maximum atomic E-state index is 8.56. The van der Waals surface area contributed by atoms with Crippen LogP contribution in [0.15, 0.2) is 18.3 Å². The van der Waals surface area contributed by atoms with Gasteiger partial charge >= 0.3 is 0 Å². The van der Waals surface area contributed by atoms with E-state index in [2.05, 4.69) is 15.6 Å². The SMILES string of the molecule is CNc1cc(NCCO)ccn1. The van der Waals surface area contributed by atoms with Crippen LogP contribution in [0.1, 0.15) is 0 Å². The summed E-state index contributed by atoms with van der Waals surface area (Å²) in [6, 6.07) is 3.74. The van der Waals surface area contributed by atoms with Crippen LogP contribution in [-0.2, 0) is 0 Å². The molecule has 0 fully saturated rings. The summed E-state index contributed by atoms with van der Waals surface area (Å²) in [5.74, 6) is 0.818. The number of pyridine rings is 1. The van der Waals surface area contributed by atoms with Crippen LogP contribution in [0.3, 0.4) is 0 Å². The van der Waals surface area contributed by atoms with Crippen molar-refractivity contribution >= 4 is 11.5 Å². The number of hydrogen-bond donors (Lipinski definition) is 3. The zero-order valence-electron chi connectivity index (χ0n) is 7.04.